The summed E-state index contributed by atoms with van der Waals surface area (Å²) in [6, 6.07) is 16.3. The number of carboxylic acids is 1. The number of carbonyl (C=O) groups is 3. The molecule has 33 heavy (non-hydrogen) atoms. The fraction of sp³-hybridized carbons (Fsp3) is 0.400. The molecule has 0 saturated heterocycles. The summed E-state index contributed by atoms with van der Waals surface area (Å²) in [7, 11) is 0. The van der Waals surface area contributed by atoms with Crippen molar-refractivity contribution in [1.82, 2.24) is 10.6 Å². The number of amides is 2. The number of benzene rings is 2. The average Bonchev–Trinajstić information content (AvgIpc) is 3.11. The molecule has 3 rings (SSSR count). The summed E-state index contributed by atoms with van der Waals surface area (Å²) in [6.45, 7) is 2.62. The first kappa shape index (κ1) is 24.3. The molecule has 2 unspecified atom stereocenters. The van der Waals surface area contributed by atoms with Gasteiger partial charge in [0.25, 0.3) is 0 Å². The van der Waals surface area contributed by atoms with E-state index in [1.807, 2.05) is 31.2 Å². The van der Waals surface area contributed by atoms with Gasteiger partial charge in [-0.2, -0.15) is 0 Å². The van der Waals surface area contributed by atoms with Gasteiger partial charge in [0.15, 0.2) is 6.10 Å². The van der Waals surface area contributed by atoms with Gasteiger partial charge in [-0.25, -0.2) is 9.59 Å². The van der Waals surface area contributed by atoms with Crippen LogP contribution in [0.4, 0.5) is 4.79 Å². The van der Waals surface area contributed by atoms with Crippen molar-refractivity contribution in [3.8, 4) is 11.1 Å². The second-order valence-electron chi connectivity index (χ2n) is 8.34. The number of aliphatic hydroxyl groups excluding tert-OH is 1. The second-order valence-corrected chi connectivity index (χ2v) is 8.34. The molecule has 176 valence electrons. The first-order valence-corrected chi connectivity index (χ1v) is 11.1. The molecule has 0 bridgehead atoms. The van der Waals surface area contributed by atoms with E-state index in [0.29, 0.717) is 13.0 Å². The van der Waals surface area contributed by atoms with Crippen LogP contribution >= 0.6 is 0 Å². The van der Waals surface area contributed by atoms with Gasteiger partial charge in [-0.3, -0.25) is 4.79 Å². The van der Waals surface area contributed by atoms with Crippen LogP contribution in [0.5, 0.6) is 0 Å². The Kier molecular flexibility index (Phi) is 8.43. The highest BCUT2D eigenvalue weighted by atomic mass is 16.5. The van der Waals surface area contributed by atoms with E-state index in [0.717, 1.165) is 11.1 Å². The van der Waals surface area contributed by atoms with Crippen LogP contribution < -0.4 is 10.6 Å². The lowest BCUT2D eigenvalue weighted by molar-refractivity contribution is -0.147. The van der Waals surface area contributed by atoms with Crippen LogP contribution in [-0.2, 0) is 14.3 Å². The quantitative estimate of drug-likeness (QED) is 0.414. The van der Waals surface area contributed by atoms with E-state index in [2.05, 4.69) is 34.9 Å². The normalized spacial score (nSPS) is 14.0. The van der Waals surface area contributed by atoms with Crippen molar-refractivity contribution in [2.75, 3.05) is 19.7 Å². The van der Waals surface area contributed by atoms with E-state index in [4.69, 9.17) is 9.84 Å². The van der Waals surface area contributed by atoms with E-state index >= 15 is 0 Å². The molecule has 1 aliphatic carbocycles. The lowest BCUT2D eigenvalue weighted by Gasteiger charge is -2.15. The summed E-state index contributed by atoms with van der Waals surface area (Å²) >= 11 is 0. The molecule has 0 fully saturated rings. The summed E-state index contributed by atoms with van der Waals surface area (Å²) < 4.78 is 5.50. The molecular formula is C25H30N2O6. The molecule has 2 atom stereocenters. The van der Waals surface area contributed by atoms with Gasteiger partial charge in [-0.15, -0.1) is 0 Å². The lowest BCUT2D eigenvalue weighted by atomic mass is 9.98. The van der Waals surface area contributed by atoms with Crippen molar-refractivity contribution in [1.29, 1.82) is 0 Å². The van der Waals surface area contributed by atoms with Crippen molar-refractivity contribution in [2.45, 2.75) is 38.2 Å². The largest absolute Gasteiger partial charge is 0.479 e. The van der Waals surface area contributed by atoms with E-state index in [9.17, 15) is 19.5 Å². The minimum absolute atomic E-state index is 0.00501. The number of nitrogens with one attached hydrogen (secondary N) is 2. The number of rotatable bonds is 11. The Balaban J connectivity index is 1.37. The number of aliphatic hydroxyl groups is 1. The highest BCUT2D eigenvalue weighted by Gasteiger charge is 2.29. The van der Waals surface area contributed by atoms with E-state index < -0.39 is 18.2 Å². The fourth-order valence-corrected chi connectivity index (χ4v) is 4.03. The number of ether oxygens (including phenoxy) is 1. The van der Waals surface area contributed by atoms with Crippen LogP contribution in [0.2, 0.25) is 0 Å². The number of hydrogen-bond donors (Lipinski definition) is 4. The zero-order valence-corrected chi connectivity index (χ0v) is 18.6. The minimum atomic E-state index is -1.48. The minimum Gasteiger partial charge on any atom is -0.479 e. The first-order valence-electron chi connectivity index (χ1n) is 11.1. The zero-order chi connectivity index (χ0) is 23.8. The predicted molar refractivity (Wildman–Crippen MR) is 123 cm³/mol. The van der Waals surface area contributed by atoms with Crippen molar-refractivity contribution in [3.05, 3.63) is 59.7 Å². The Hall–Kier alpha value is -3.39. The summed E-state index contributed by atoms with van der Waals surface area (Å²) in [5.74, 6) is -1.51. The van der Waals surface area contributed by atoms with Gasteiger partial charge in [-0.05, 0) is 34.6 Å². The molecule has 1 aliphatic rings. The molecular weight excluding hydrogens is 424 g/mol. The molecule has 2 aromatic carbocycles. The van der Waals surface area contributed by atoms with Gasteiger partial charge < -0.3 is 25.6 Å². The Labute approximate surface area is 193 Å². The molecule has 0 aromatic heterocycles. The molecule has 0 spiro atoms. The number of carbonyl (C=O) groups excluding carboxylic acids is 2. The van der Waals surface area contributed by atoms with Crippen molar-refractivity contribution >= 4 is 18.0 Å². The third-order valence-electron chi connectivity index (χ3n) is 5.81. The molecule has 0 aliphatic heterocycles. The monoisotopic (exact) mass is 454 g/mol. The fourth-order valence-electron chi connectivity index (χ4n) is 4.03. The summed E-state index contributed by atoms with van der Waals surface area (Å²) in [6.07, 6.45) is -1.18. The maximum absolute atomic E-state index is 12.2. The van der Waals surface area contributed by atoms with Crippen LogP contribution in [0.1, 0.15) is 43.2 Å². The molecule has 2 amide bonds. The van der Waals surface area contributed by atoms with Gasteiger partial charge in [0.05, 0.1) is 0 Å². The van der Waals surface area contributed by atoms with Gasteiger partial charge in [0.1, 0.15) is 6.61 Å². The number of carboxylic acid groups (broad SMARTS) is 1. The molecule has 0 saturated carbocycles. The summed E-state index contributed by atoms with van der Waals surface area (Å²) in [5, 5.41) is 23.1. The van der Waals surface area contributed by atoms with E-state index in [1.54, 1.807) is 0 Å². The van der Waals surface area contributed by atoms with E-state index in [-0.39, 0.29) is 43.7 Å². The molecule has 8 heteroatoms. The number of fused-ring (bicyclic) bond motifs is 3. The van der Waals surface area contributed by atoms with Gasteiger partial charge in [0, 0.05) is 31.8 Å². The smallest absolute Gasteiger partial charge is 0.407 e. The molecule has 0 radical (unpaired) electrons. The Bertz CT molecular complexity index is 947. The van der Waals surface area contributed by atoms with Gasteiger partial charge in [0.2, 0.25) is 5.91 Å². The van der Waals surface area contributed by atoms with Crippen LogP contribution in [0.15, 0.2) is 48.5 Å². The SMILES string of the molecule is CC(CCNC(=O)OCC1c2ccccc2-c2ccccc21)CC(=O)NCCC(O)C(=O)O. The zero-order valence-electron chi connectivity index (χ0n) is 18.6. The first-order chi connectivity index (χ1) is 15.9. The van der Waals surface area contributed by atoms with Crippen LogP contribution in [0.3, 0.4) is 0 Å². The van der Waals surface area contributed by atoms with Crippen LogP contribution in [0.25, 0.3) is 11.1 Å². The topological polar surface area (TPSA) is 125 Å². The van der Waals surface area contributed by atoms with Gasteiger partial charge in [-0.1, -0.05) is 55.5 Å². The standard InChI is InChI=1S/C25H30N2O6/c1-16(14-23(29)26-13-11-22(28)24(30)31)10-12-27-25(32)33-15-21-19-8-4-2-6-17(19)18-7-3-5-9-20(18)21/h2-9,16,21-22,28H,10-15H2,1H3,(H,26,29)(H,27,32)(H,30,31). The summed E-state index contributed by atoms with van der Waals surface area (Å²) in [4.78, 5) is 34.7. The number of alkyl carbamates (subject to hydrolysis) is 1. The Morgan fingerprint density at radius 3 is 2.12 bits per heavy atom. The predicted octanol–water partition coefficient (Wildman–Crippen LogP) is 2.89. The highest BCUT2D eigenvalue weighted by molar-refractivity contribution is 5.79. The van der Waals surface area contributed by atoms with Crippen molar-refractivity contribution in [2.24, 2.45) is 5.92 Å². The maximum atomic E-state index is 12.2. The van der Waals surface area contributed by atoms with Crippen LogP contribution in [-0.4, -0.2) is 54.0 Å². The average molecular weight is 455 g/mol. The van der Waals surface area contributed by atoms with Crippen LogP contribution in [0, 0.1) is 5.92 Å². The van der Waals surface area contributed by atoms with Gasteiger partial charge >= 0.3 is 12.1 Å². The number of aliphatic carboxylic acids is 1. The molecule has 2 aromatic rings. The third kappa shape index (κ3) is 6.55. The third-order valence-corrected chi connectivity index (χ3v) is 5.81. The molecule has 4 N–H and O–H groups in total. The maximum Gasteiger partial charge on any atom is 0.407 e. The summed E-state index contributed by atoms with van der Waals surface area (Å²) in [5.41, 5.74) is 4.65. The van der Waals surface area contributed by atoms with Crippen molar-refractivity contribution in [3.63, 3.8) is 0 Å². The van der Waals surface area contributed by atoms with Crippen molar-refractivity contribution < 1.29 is 29.3 Å². The second kappa shape index (κ2) is 11.5. The lowest BCUT2D eigenvalue weighted by Crippen LogP contribution is -2.31. The molecule has 8 nitrogen and oxygen atoms in total. The molecule has 0 heterocycles. The van der Waals surface area contributed by atoms with E-state index in [1.165, 1.54) is 11.1 Å². The Morgan fingerprint density at radius 1 is 0.939 bits per heavy atom. The Morgan fingerprint density at radius 2 is 1.52 bits per heavy atom. The highest BCUT2D eigenvalue weighted by Crippen LogP contribution is 2.44. The number of hydrogen-bond acceptors (Lipinski definition) is 5.